The molecular formula is C14H8BrClN2O2. The van der Waals surface area contributed by atoms with Gasteiger partial charge in [0.1, 0.15) is 6.07 Å². The fourth-order valence-electron chi connectivity index (χ4n) is 1.66. The highest BCUT2D eigenvalue weighted by molar-refractivity contribution is 9.10. The lowest BCUT2D eigenvalue weighted by Crippen LogP contribution is -2.03. The normalized spacial score (nSPS) is 9.85. The molecule has 0 aliphatic rings. The summed E-state index contributed by atoms with van der Waals surface area (Å²) in [5.74, 6) is -1.09. The molecule has 2 rings (SSSR count). The molecule has 2 aromatic carbocycles. The number of halogens is 2. The molecule has 0 unspecified atom stereocenters. The summed E-state index contributed by atoms with van der Waals surface area (Å²) in [5, 5.41) is 21.5. The smallest absolute Gasteiger partial charge is 0.337 e. The van der Waals surface area contributed by atoms with E-state index in [9.17, 15) is 9.90 Å². The van der Waals surface area contributed by atoms with E-state index in [1.54, 1.807) is 30.3 Å². The average Bonchev–Trinajstić information content (AvgIpc) is 2.41. The third-order valence-corrected chi connectivity index (χ3v) is 3.31. The third kappa shape index (κ3) is 3.10. The standard InChI is InChI=1S/C14H8BrClN2O2/c15-9-2-1-8(7-17)13(5-9)18-12-4-3-10(16)6-11(12)14(19)20/h1-6,18H,(H,19,20). The number of nitrogens with one attached hydrogen (secondary N) is 1. The van der Waals surface area contributed by atoms with Gasteiger partial charge in [-0.1, -0.05) is 27.5 Å². The Labute approximate surface area is 128 Å². The molecule has 0 aliphatic carbocycles. The van der Waals surface area contributed by atoms with Crippen LogP contribution in [0.2, 0.25) is 5.02 Å². The van der Waals surface area contributed by atoms with Crippen molar-refractivity contribution >= 4 is 44.9 Å². The van der Waals surface area contributed by atoms with Crippen molar-refractivity contribution in [1.82, 2.24) is 0 Å². The van der Waals surface area contributed by atoms with E-state index in [0.29, 0.717) is 22.0 Å². The van der Waals surface area contributed by atoms with Gasteiger partial charge in [-0.05, 0) is 36.4 Å². The van der Waals surface area contributed by atoms with E-state index in [2.05, 4.69) is 21.2 Å². The Morgan fingerprint density at radius 3 is 2.65 bits per heavy atom. The van der Waals surface area contributed by atoms with Gasteiger partial charge in [0.05, 0.1) is 22.5 Å². The van der Waals surface area contributed by atoms with Gasteiger partial charge < -0.3 is 10.4 Å². The van der Waals surface area contributed by atoms with Crippen LogP contribution in [0.15, 0.2) is 40.9 Å². The number of nitriles is 1. The number of rotatable bonds is 3. The SMILES string of the molecule is N#Cc1ccc(Br)cc1Nc1ccc(Cl)cc1C(=O)O. The van der Waals surface area contributed by atoms with Gasteiger partial charge in [-0.3, -0.25) is 0 Å². The Bertz CT molecular complexity index is 726. The molecule has 0 fully saturated rings. The first kappa shape index (κ1) is 14.4. The van der Waals surface area contributed by atoms with E-state index in [0.717, 1.165) is 4.47 Å². The third-order valence-electron chi connectivity index (χ3n) is 2.58. The predicted octanol–water partition coefficient (Wildman–Crippen LogP) is 4.42. The number of carboxylic acid groups (broad SMARTS) is 1. The molecule has 20 heavy (non-hydrogen) atoms. The number of hydrogen-bond donors (Lipinski definition) is 2. The maximum Gasteiger partial charge on any atom is 0.337 e. The maximum absolute atomic E-state index is 11.2. The van der Waals surface area contributed by atoms with Crippen molar-refractivity contribution in [2.75, 3.05) is 5.32 Å². The highest BCUT2D eigenvalue weighted by Gasteiger charge is 2.12. The van der Waals surface area contributed by atoms with Crippen molar-refractivity contribution in [3.8, 4) is 6.07 Å². The molecule has 0 saturated carbocycles. The number of aromatic carboxylic acids is 1. The van der Waals surface area contributed by atoms with Crippen LogP contribution >= 0.6 is 27.5 Å². The van der Waals surface area contributed by atoms with Crippen LogP contribution in [-0.2, 0) is 0 Å². The quantitative estimate of drug-likeness (QED) is 0.858. The van der Waals surface area contributed by atoms with Crippen molar-refractivity contribution in [3.05, 3.63) is 57.0 Å². The van der Waals surface area contributed by atoms with Crippen LogP contribution in [0.4, 0.5) is 11.4 Å². The number of hydrogen-bond acceptors (Lipinski definition) is 3. The zero-order chi connectivity index (χ0) is 14.7. The van der Waals surface area contributed by atoms with E-state index in [1.807, 2.05) is 6.07 Å². The molecule has 0 spiro atoms. The minimum Gasteiger partial charge on any atom is -0.478 e. The fourth-order valence-corrected chi connectivity index (χ4v) is 2.20. The Morgan fingerprint density at radius 1 is 1.25 bits per heavy atom. The van der Waals surface area contributed by atoms with Gasteiger partial charge in [0.2, 0.25) is 0 Å². The van der Waals surface area contributed by atoms with Crippen molar-refractivity contribution in [2.24, 2.45) is 0 Å². The van der Waals surface area contributed by atoms with Crippen LogP contribution in [0.1, 0.15) is 15.9 Å². The molecule has 0 aromatic heterocycles. The number of carbonyl (C=O) groups is 1. The molecule has 0 amide bonds. The lowest BCUT2D eigenvalue weighted by Gasteiger charge is -2.11. The second-order valence-corrected chi connectivity index (χ2v) is 5.27. The monoisotopic (exact) mass is 350 g/mol. The highest BCUT2D eigenvalue weighted by Crippen LogP contribution is 2.28. The number of anilines is 2. The zero-order valence-corrected chi connectivity index (χ0v) is 12.4. The van der Waals surface area contributed by atoms with E-state index in [-0.39, 0.29) is 5.56 Å². The topological polar surface area (TPSA) is 73.1 Å². The van der Waals surface area contributed by atoms with Gasteiger partial charge in [0, 0.05) is 9.50 Å². The number of nitrogens with zero attached hydrogens (tertiary/aromatic N) is 1. The van der Waals surface area contributed by atoms with Crippen LogP contribution < -0.4 is 5.32 Å². The molecule has 0 radical (unpaired) electrons. The van der Waals surface area contributed by atoms with Crippen molar-refractivity contribution in [2.45, 2.75) is 0 Å². The van der Waals surface area contributed by atoms with Crippen molar-refractivity contribution in [1.29, 1.82) is 5.26 Å². The number of benzene rings is 2. The fraction of sp³-hybridized carbons (Fsp3) is 0. The highest BCUT2D eigenvalue weighted by atomic mass is 79.9. The first-order valence-corrected chi connectivity index (χ1v) is 6.68. The minimum atomic E-state index is -1.09. The lowest BCUT2D eigenvalue weighted by molar-refractivity contribution is 0.0698. The summed E-state index contributed by atoms with van der Waals surface area (Å²) in [6, 6.07) is 11.6. The van der Waals surface area contributed by atoms with Crippen LogP contribution in [0.3, 0.4) is 0 Å². The van der Waals surface area contributed by atoms with E-state index >= 15 is 0 Å². The van der Waals surface area contributed by atoms with Crippen molar-refractivity contribution < 1.29 is 9.90 Å². The maximum atomic E-state index is 11.2. The molecule has 2 N–H and O–H groups in total. The Morgan fingerprint density at radius 2 is 2.00 bits per heavy atom. The average molecular weight is 352 g/mol. The van der Waals surface area contributed by atoms with E-state index in [4.69, 9.17) is 16.9 Å². The molecular weight excluding hydrogens is 344 g/mol. The summed E-state index contributed by atoms with van der Waals surface area (Å²) in [5.41, 5.74) is 1.35. The van der Waals surface area contributed by atoms with Gasteiger partial charge >= 0.3 is 5.97 Å². The van der Waals surface area contributed by atoms with Crippen LogP contribution in [0.25, 0.3) is 0 Å². The Balaban J connectivity index is 2.48. The Hall–Kier alpha value is -2.03. The van der Waals surface area contributed by atoms with Crippen LogP contribution in [-0.4, -0.2) is 11.1 Å². The largest absolute Gasteiger partial charge is 0.478 e. The lowest BCUT2D eigenvalue weighted by atomic mass is 10.1. The van der Waals surface area contributed by atoms with Gasteiger partial charge in [0.25, 0.3) is 0 Å². The van der Waals surface area contributed by atoms with Crippen molar-refractivity contribution in [3.63, 3.8) is 0 Å². The van der Waals surface area contributed by atoms with E-state index in [1.165, 1.54) is 6.07 Å². The van der Waals surface area contributed by atoms with Gasteiger partial charge in [-0.15, -0.1) is 0 Å². The molecule has 100 valence electrons. The molecule has 0 bridgehead atoms. The summed E-state index contributed by atoms with van der Waals surface area (Å²) >= 11 is 9.11. The molecule has 0 saturated heterocycles. The van der Waals surface area contributed by atoms with Crippen LogP contribution in [0.5, 0.6) is 0 Å². The summed E-state index contributed by atoms with van der Waals surface area (Å²) in [6.45, 7) is 0. The molecule has 0 heterocycles. The molecule has 0 aliphatic heterocycles. The van der Waals surface area contributed by atoms with Gasteiger partial charge in [-0.2, -0.15) is 5.26 Å². The molecule has 2 aromatic rings. The van der Waals surface area contributed by atoms with Crippen LogP contribution in [0, 0.1) is 11.3 Å². The molecule has 6 heteroatoms. The minimum absolute atomic E-state index is 0.0429. The second-order valence-electron chi connectivity index (χ2n) is 3.92. The summed E-state index contributed by atoms with van der Waals surface area (Å²) < 4.78 is 0.782. The molecule has 4 nitrogen and oxygen atoms in total. The number of carboxylic acids is 1. The van der Waals surface area contributed by atoms with Gasteiger partial charge in [0.15, 0.2) is 0 Å². The predicted molar refractivity (Wildman–Crippen MR) is 80.6 cm³/mol. The molecule has 0 atom stereocenters. The summed E-state index contributed by atoms with van der Waals surface area (Å²) in [4.78, 5) is 11.2. The first-order valence-electron chi connectivity index (χ1n) is 5.51. The Kier molecular flexibility index (Phi) is 4.28. The summed E-state index contributed by atoms with van der Waals surface area (Å²) in [6.07, 6.45) is 0. The van der Waals surface area contributed by atoms with E-state index < -0.39 is 5.97 Å². The van der Waals surface area contributed by atoms with Gasteiger partial charge in [-0.25, -0.2) is 4.79 Å². The summed E-state index contributed by atoms with van der Waals surface area (Å²) in [7, 11) is 0. The zero-order valence-electron chi connectivity index (χ0n) is 10.0. The first-order chi connectivity index (χ1) is 9.51. The second kappa shape index (κ2) is 5.95.